The Morgan fingerprint density at radius 3 is 2.67 bits per heavy atom. The molecule has 0 spiro atoms. The van der Waals surface area contributed by atoms with Crippen LogP contribution < -0.4 is 5.32 Å². The third-order valence-electron chi connectivity index (χ3n) is 2.31. The first-order chi connectivity index (χ1) is 7.26. The number of aliphatic hydroxyl groups excluding tert-OH is 1. The van der Waals surface area contributed by atoms with E-state index >= 15 is 0 Å². The lowest BCUT2D eigenvalue weighted by Crippen LogP contribution is -2.38. The number of carbonyl (C=O) groups excluding carboxylic acids is 1. The molecule has 0 radical (unpaired) electrons. The molecule has 4 heteroatoms. The van der Waals surface area contributed by atoms with Gasteiger partial charge in [0, 0.05) is 6.61 Å². The molecule has 90 valence electrons. The molecule has 0 aromatic carbocycles. The molecule has 0 bridgehead atoms. The van der Waals surface area contributed by atoms with E-state index in [1.165, 1.54) is 7.11 Å². The van der Waals surface area contributed by atoms with Crippen LogP contribution in [0, 0.1) is 0 Å². The third kappa shape index (κ3) is 7.33. The predicted molar refractivity (Wildman–Crippen MR) is 59.7 cm³/mol. The molecular weight excluding hydrogens is 194 g/mol. The lowest BCUT2D eigenvalue weighted by molar-refractivity contribution is -0.143. The molecule has 1 atom stereocenters. The zero-order valence-corrected chi connectivity index (χ0v) is 9.79. The molecule has 0 aliphatic heterocycles. The largest absolute Gasteiger partial charge is 0.468 e. The first-order valence-corrected chi connectivity index (χ1v) is 5.68. The number of aliphatic hydroxyl groups is 1. The Kier molecular flexibility index (Phi) is 9.52. The molecular formula is C11H23NO3. The van der Waals surface area contributed by atoms with Crippen LogP contribution in [0.25, 0.3) is 0 Å². The Morgan fingerprint density at radius 2 is 2.13 bits per heavy atom. The number of ether oxygens (including phenoxy) is 1. The minimum atomic E-state index is -0.188. The van der Waals surface area contributed by atoms with Gasteiger partial charge in [0.2, 0.25) is 0 Å². The van der Waals surface area contributed by atoms with Crippen LogP contribution in [-0.4, -0.2) is 37.4 Å². The first kappa shape index (κ1) is 14.4. The molecule has 15 heavy (non-hydrogen) atoms. The maximum Gasteiger partial charge on any atom is 0.322 e. The van der Waals surface area contributed by atoms with Crippen LogP contribution in [0.15, 0.2) is 0 Å². The number of esters is 1. The second-order valence-electron chi connectivity index (χ2n) is 3.60. The molecule has 0 rings (SSSR count). The van der Waals surface area contributed by atoms with Crippen molar-refractivity contribution in [3.63, 3.8) is 0 Å². The first-order valence-electron chi connectivity index (χ1n) is 5.68. The average Bonchev–Trinajstić information content (AvgIpc) is 2.27. The van der Waals surface area contributed by atoms with Crippen molar-refractivity contribution in [3.05, 3.63) is 0 Å². The molecule has 0 saturated carbocycles. The quantitative estimate of drug-likeness (QED) is 0.448. The van der Waals surface area contributed by atoms with Crippen molar-refractivity contribution in [1.82, 2.24) is 5.32 Å². The summed E-state index contributed by atoms with van der Waals surface area (Å²) < 4.78 is 4.72. The van der Waals surface area contributed by atoms with Crippen molar-refractivity contribution in [2.24, 2.45) is 0 Å². The molecule has 0 fully saturated rings. The summed E-state index contributed by atoms with van der Waals surface area (Å²) in [5, 5.41) is 11.8. The molecule has 1 unspecified atom stereocenters. The van der Waals surface area contributed by atoms with Crippen molar-refractivity contribution in [2.45, 2.75) is 45.1 Å². The maximum atomic E-state index is 11.3. The highest BCUT2D eigenvalue weighted by molar-refractivity contribution is 5.75. The van der Waals surface area contributed by atoms with Gasteiger partial charge in [-0.15, -0.1) is 0 Å². The maximum absolute atomic E-state index is 11.3. The Bertz CT molecular complexity index is 162. The molecule has 0 aromatic heterocycles. The number of rotatable bonds is 9. The van der Waals surface area contributed by atoms with Crippen molar-refractivity contribution in [3.8, 4) is 0 Å². The van der Waals surface area contributed by atoms with Crippen LogP contribution in [0.2, 0.25) is 0 Å². The number of methoxy groups -OCH3 is 1. The van der Waals surface area contributed by atoms with Gasteiger partial charge in [-0.05, 0) is 25.8 Å². The van der Waals surface area contributed by atoms with Gasteiger partial charge in [-0.1, -0.05) is 19.8 Å². The van der Waals surface area contributed by atoms with Gasteiger partial charge < -0.3 is 15.2 Å². The average molecular weight is 217 g/mol. The van der Waals surface area contributed by atoms with E-state index in [4.69, 9.17) is 9.84 Å². The Labute approximate surface area is 92.0 Å². The van der Waals surface area contributed by atoms with Crippen molar-refractivity contribution < 1.29 is 14.6 Å². The molecule has 0 aliphatic rings. The number of nitrogens with one attached hydrogen (secondary N) is 1. The monoisotopic (exact) mass is 217 g/mol. The fraction of sp³-hybridized carbons (Fsp3) is 0.909. The van der Waals surface area contributed by atoms with Gasteiger partial charge in [-0.2, -0.15) is 0 Å². The number of hydrogen-bond donors (Lipinski definition) is 2. The van der Waals surface area contributed by atoms with Crippen LogP contribution in [0.5, 0.6) is 0 Å². The molecule has 0 amide bonds. The van der Waals surface area contributed by atoms with Gasteiger partial charge in [-0.25, -0.2) is 0 Å². The van der Waals surface area contributed by atoms with E-state index in [2.05, 4.69) is 12.2 Å². The topological polar surface area (TPSA) is 58.6 Å². The van der Waals surface area contributed by atoms with Crippen LogP contribution >= 0.6 is 0 Å². The van der Waals surface area contributed by atoms with E-state index in [0.29, 0.717) is 0 Å². The highest BCUT2D eigenvalue weighted by Gasteiger charge is 2.16. The fourth-order valence-electron chi connectivity index (χ4n) is 1.37. The summed E-state index contributed by atoms with van der Waals surface area (Å²) in [4.78, 5) is 11.3. The van der Waals surface area contributed by atoms with Gasteiger partial charge >= 0.3 is 5.97 Å². The Morgan fingerprint density at radius 1 is 1.40 bits per heavy atom. The predicted octanol–water partition coefficient (Wildman–Crippen LogP) is 1.08. The normalized spacial score (nSPS) is 12.5. The highest BCUT2D eigenvalue weighted by Crippen LogP contribution is 2.02. The van der Waals surface area contributed by atoms with Crippen LogP contribution in [0.1, 0.15) is 39.0 Å². The molecule has 2 N–H and O–H groups in total. The van der Waals surface area contributed by atoms with Crippen molar-refractivity contribution in [1.29, 1.82) is 0 Å². The smallest absolute Gasteiger partial charge is 0.322 e. The SMILES string of the molecule is CCCCC(NCCCCO)C(=O)OC. The van der Waals surface area contributed by atoms with E-state index in [0.717, 1.165) is 38.6 Å². The van der Waals surface area contributed by atoms with Crippen LogP contribution in [-0.2, 0) is 9.53 Å². The van der Waals surface area contributed by atoms with Gasteiger partial charge in [0.1, 0.15) is 6.04 Å². The van der Waals surface area contributed by atoms with Crippen molar-refractivity contribution in [2.75, 3.05) is 20.3 Å². The highest BCUT2D eigenvalue weighted by atomic mass is 16.5. The summed E-state index contributed by atoms with van der Waals surface area (Å²) in [6.45, 7) is 3.06. The minimum Gasteiger partial charge on any atom is -0.468 e. The van der Waals surface area contributed by atoms with E-state index in [1.54, 1.807) is 0 Å². The number of unbranched alkanes of at least 4 members (excludes halogenated alkanes) is 2. The molecule has 4 nitrogen and oxygen atoms in total. The minimum absolute atomic E-state index is 0.186. The third-order valence-corrected chi connectivity index (χ3v) is 2.31. The van der Waals surface area contributed by atoms with Gasteiger partial charge in [0.05, 0.1) is 7.11 Å². The summed E-state index contributed by atoms with van der Waals surface area (Å²) >= 11 is 0. The summed E-state index contributed by atoms with van der Waals surface area (Å²) in [6.07, 6.45) is 4.58. The van der Waals surface area contributed by atoms with Gasteiger partial charge in [0.25, 0.3) is 0 Å². The Hall–Kier alpha value is -0.610. The summed E-state index contributed by atoms with van der Waals surface area (Å²) in [6, 6.07) is -0.186. The zero-order chi connectivity index (χ0) is 11.5. The van der Waals surface area contributed by atoms with Crippen LogP contribution in [0.4, 0.5) is 0 Å². The lowest BCUT2D eigenvalue weighted by atomic mass is 10.1. The van der Waals surface area contributed by atoms with Gasteiger partial charge in [-0.3, -0.25) is 4.79 Å². The second-order valence-corrected chi connectivity index (χ2v) is 3.60. The second kappa shape index (κ2) is 9.93. The molecule has 0 aromatic rings. The standard InChI is InChI=1S/C11H23NO3/c1-3-4-7-10(11(14)15-2)12-8-5-6-9-13/h10,12-13H,3-9H2,1-2H3. The van der Waals surface area contributed by atoms with E-state index < -0.39 is 0 Å². The van der Waals surface area contributed by atoms with E-state index in [9.17, 15) is 4.79 Å². The van der Waals surface area contributed by atoms with E-state index in [-0.39, 0.29) is 18.6 Å². The summed E-state index contributed by atoms with van der Waals surface area (Å²) in [5.41, 5.74) is 0. The molecule has 0 aliphatic carbocycles. The van der Waals surface area contributed by atoms with Crippen molar-refractivity contribution >= 4 is 5.97 Å². The summed E-state index contributed by atoms with van der Waals surface area (Å²) in [7, 11) is 1.41. The summed E-state index contributed by atoms with van der Waals surface area (Å²) in [5.74, 6) is -0.188. The Balaban J connectivity index is 3.74. The molecule has 0 heterocycles. The number of hydrogen-bond acceptors (Lipinski definition) is 4. The fourth-order valence-corrected chi connectivity index (χ4v) is 1.37. The zero-order valence-electron chi connectivity index (χ0n) is 9.79. The van der Waals surface area contributed by atoms with Gasteiger partial charge in [0.15, 0.2) is 0 Å². The number of carbonyl (C=O) groups is 1. The van der Waals surface area contributed by atoms with E-state index in [1.807, 2.05) is 0 Å². The molecule has 0 saturated heterocycles. The van der Waals surface area contributed by atoms with Crippen LogP contribution in [0.3, 0.4) is 0 Å². The lowest BCUT2D eigenvalue weighted by Gasteiger charge is -2.15.